The van der Waals surface area contributed by atoms with E-state index in [1.807, 2.05) is 0 Å². The minimum atomic E-state index is -2.02. The van der Waals surface area contributed by atoms with Crippen LogP contribution in [0.1, 0.15) is 6.92 Å². The molecule has 2 aliphatic rings. The summed E-state index contributed by atoms with van der Waals surface area (Å²) < 4.78 is 28.5. The molecule has 0 aromatic heterocycles. The lowest BCUT2D eigenvalue weighted by molar-refractivity contribution is -0.390. The lowest BCUT2D eigenvalue weighted by Gasteiger charge is -2.45. The number of rotatable bonds is 12. The van der Waals surface area contributed by atoms with Crippen molar-refractivity contribution in [1.29, 1.82) is 0 Å². The first-order valence-electron chi connectivity index (χ1n) is 10.3. The van der Waals surface area contributed by atoms with Gasteiger partial charge in [-0.1, -0.05) is 24.3 Å². The quantitative estimate of drug-likeness (QED) is 0.177. The molecule has 0 aromatic rings. The third-order valence-electron chi connectivity index (χ3n) is 5.34. The van der Waals surface area contributed by atoms with Crippen molar-refractivity contribution in [1.82, 2.24) is 0 Å². The van der Waals surface area contributed by atoms with Crippen molar-refractivity contribution < 1.29 is 54.3 Å². The summed E-state index contributed by atoms with van der Waals surface area (Å²) in [6, 6.07) is 0. The van der Waals surface area contributed by atoms with Crippen LogP contribution in [0.2, 0.25) is 0 Å². The molecular formula is C21H34O11. The van der Waals surface area contributed by atoms with Crippen LogP contribution in [0.3, 0.4) is 0 Å². The first-order valence-corrected chi connectivity index (χ1v) is 10.3. The SMILES string of the molecule is C=CCO[C@H]1[C@H](O)[C@@H](CO)O[C@@]1(CO)O[C@H]1O[C@H](CO)[C@@H](O)[C@H](O)[C@H]1OC(C=C)C=CC. The largest absolute Gasteiger partial charge is 0.394 e. The van der Waals surface area contributed by atoms with E-state index in [4.69, 9.17) is 23.7 Å². The summed E-state index contributed by atoms with van der Waals surface area (Å²) in [6.45, 7) is 6.86. The number of aliphatic hydroxyl groups is 6. The van der Waals surface area contributed by atoms with Crippen LogP contribution in [0.4, 0.5) is 0 Å². The van der Waals surface area contributed by atoms with Gasteiger partial charge in [-0.3, -0.25) is 0 Å². The van der Waals surface area contributed by atoms with Gasteiger partial charge in [-0.15, -0.1) is 13.2 Å². The van der Waals surface area contributed by atoms with Gasteiger partial charge in [0, 0.05) is 0 Å². The van der Waals surface area contributed by atoms with Crippen LogP contribution in [0.5, 0.6) is 0 Å². The van der Waals surface area contributed by atoms with E-state index in [2.05, 4.69) is 13.2 Å². The van der Waals surface area contributed by atoms with Gasteiger partial charge in [0.2, 0.25) is 5.79 Å². The van der Waals surface area contributed by atoms with E-state index < -0.39 is 80.7 Å². The molecule has 0 aliphatic carbocycles. The fraction of sp³-hybridized carbons (Fsp3) is 0.714. The third kappa shape index (κ3) is 5.64. The predicted octanol–water partition coefficient (Wildman–Crippen LogP) is -2.03. The Bertz CT molecular complexity index is 629. The predicted molar refractivity (Wildman–Crippen MR) is 110 cm³/mol. The average molecular weight is 462 g/mol. The third-order valence-corrected chi connectivity index (χ3v) is 5.34. The second-order valence-electron chi connectivity index (χ2n) is 7.49. The fourth-order valence-corrected chi connectivity index (χ4v) is 3.69. The van der Waals surface area contributed by atoms with Gasteiger partial charge >= 0.3 is 0 Å². The summed E-state index contributed by atoms with van der Waals surface area (Å²) >= 11 is 0. The summed E-state index contributed by atoms with van der Waals surface area (Å²) in [5.41, 5.74) is 0. The van der Waals surface area contributed by atoms with E-state index >= 15 is 0 Å². The van der Waals surface area contributed by atoms with Crippen LogP contribution in [0.25, 0.3) is 0 Å². The summed E-state index contributed by atoms with van der Waals surface area (Å²) in [7, 11) is 0. The van der Waals surface area contributed by atoms with Gasteiger partial charge in [-0.2, -0.15) is 0 Å². The average Bonchev–Trinajstić information content (AvgIpc) is 3.07. The van der Waals surface area contributed by atoms with Gasteiger partial charge in [0.15, 0.2) is 6.29 Å². The van der Waals surface area contributed by atoms with Crippen molar-refractivity contribution in [2.24, 2.45) is 0 Å². The Morgan fingerprint density at radius 1 is 1.03 bits per heavy atom. The topological polar surface area (TPSA) is 168 Å². The number of aliphatic hydroxyl groups excluding tert-OH is 6. The van der Waals surface area contributed by atoms with Gasteiger partial charge in [0.05, 0.1) is 25.9 Å². The number of hydrogen-bond acceptors (Lipinski definition) is 11. The number of hydrogen-bond donors (Lipinski definition) is 6. The molecule has 0 amide bonds. The maximum absolute atomic E-state index is 10.7. The van der Waals surface area contributed by atoms with E-state index in [0.29, 0.717) is 0 Å². The van der Waals surface area contributed by atoms with Crippen LogP contribution in [0.15, 0.2) is 37.5 Å². The molecular weight excluding hydrogens is 428 g/mol. The molecule has 0 radical (unpaired) electrons. The molecule has 11 heteroatoms. The van der Waals surface area contributed by atoms with Gasteiger partial charge in [0.25, 0.3) is 0 Å². The molecule has 0 saturated carbocycles. The summed E-state index contributed by atoms with van der Waals surface area (Å²) in [4.78, 5) is 0. The van der Waals surface area contributed by atoms with Gasteiger partial charge in [-0.25, -0.2) is 0 Å². The van der Waals surface area contributed by atoms with Crippen molar-refractivity contribution in [3.63, 3.8) is 0 Å². The van der Waals surface area contributed by atoms with Gasteiger partial charge in [0.1, 0.15) is 49.3 Å². The zero-order chi connectivity index (χ0) is 23.9. The minimum Gasteiger partial charge on any atom is -0.394 e. The molecule has 10 atom stereocenters. The lowest BCUT2D eigenvalue weighted by Crippen LogP contribution is -2.64. The Balaban J connectivity index is 2.38. The second kappa shape index (κ2) is 12.3. The highest BCUT2D eigenvalue weighted by Gasteiger charge is 2.59. The van der Waals surface area contributed by atoms with Crippen LogP contribution in [-0.2, 0) is 23.7 Å². The molecule has 0 aromatic carbocycles. The minimum absolute atomic E-state index is 0.0275. The number of allylic oxidation sites excluding steroid dienone is 1. The highest BCUT2D eigenvalue weighted by atomic mass is 16.8. The smallest absolute Gasteiger partial charge is 0.224 e. The van der Waals surface area contributed by atoms with Gasteiger partial charge in [-0.05, 0) is 6.92 Å². The first-order chi connectivity index (χ1) is 15.3. The van der Waals surface area contributed by atoms with Crippen molar-refractivity contribution in [2.75, 3.05) is 26.4 Å². The molecule has 184 valence electrons. The zero-order valence-electron chi connectivity index (χ0n) is 18.0. The summed E-state index contributed by atoms with van der Waals surface area (Å²) in [6.07, 6.45) is -5.37. The Morgan fingerprint density at radius 3 is 2.25 bits per heavy atom. The van der Waals surface area contributed by atoms with Crippen molar-refractivity contribution >= 4 is 0 Å². The molecule has 0 spiro atoms. The van der Waals surface area contributed by atoms with Crippen molar-refractivity contribution in [2.45, 2.75) is 67.8 Å². The van der Waals surface area contributed by atoms with E-state index in [0.717, 1.165) is 0 Å². The molecule has 6 N–H and O–H groups in total. The molecule has 0 bridgehead atoms. The molecule has 2 heterocycles. The van der Waals surface area contributed by atoms with E-state index in [1.54, 1.807) is 19.1 Å². The second-order valence-corrected chi connectivity index (χ2v) is 7.49. The van der Waals surface area contributed by atoms with E-state index in [1.165, 1.54) is 12.2 Å². The maximum atomic E-state index is 10.7. The Hall–Kier alpha value is -1.22. The zero-order valence-corrected chi connectivity index (χ0v) is 18.0. The summed E-state index contributed by atoms with van der Waals surface area (Å²) in [5.74, 6) is -2.02. The highest BCUT2D eigenvalue weighted by molar-refractivity contribution is 5.02. The molecule has 32 heavy (non-hydrogen) atoms. The van der Waals surface area contributed by atoms with Crippen molar-refractivity contribution in [3.05, 3.63) is 37.5 Å². The van der Waals surface area contributed by atoms with E-state index in [9.17, 15) is 30.6 Å². The van der Waals surface area contributed by atoms with Crippen LogP contribution < -0.4 is 0 Å². The van der Waals surface area contributed by atoms with Crippen LogP contribution >= 0.6 is 0 Å². The highest BCUT2D eigenvalue weighted by Crippen LogP contribution is 2.38. The normalized spacial score (nSPS) is 41.1. The first kappa shape index (κ1) is 27.0. The molecule has 2 saturated heterocycles. The van der Waals surface area contributed by atoms with Gasteiger partial charge < -0.3 is 54.3 Å². The Morgan fingerprint density at radius 2 is 1.72 bits per heavy atom. The molecule has 2 aliphatic heterocycles. The number of ether oxygens (including phenoxy) is 5. The molecule has 2 fully saturated rings. The molecule has 1 unspecified atom stereocenters. The Kier molecular flexibility index (Phi) is 10.4. The lowest BCUT2D eigenvalue weighted by atomic mass is 9.98. The molecule has 11 nitrogen and oxygen atoms in total. The summed E-state index contributed by atoms with van der Waals surface area (Å²) in [5, 5.41) is 60.8. The standard InChI is InChI=1S/C21H34O11/c1-4-7-12(6-3)29-18-17(27)15(25)13(9-22)30-20(18)32-21(11-24)19(28-8-5-2)16(26)14(10-23)31-21/h4-7,12-20,22-27H,2-3,8-11H2,1H3/t12?,13-,14-,15-,16-,17+,18-,19+,20-,21+/m1/s1. The Labute approximate surface area is 186 Å². The van der Waals surface area contributed by atoms with Crippen molar-refractivity contribution in [3.8, 4) is 0 Å². The monoisotopic (exact) mass is 462 g/mol. The molecule has 2 rings (SSSR count). The van der Waals surface area contributed by atoms with E-state index in [-0.39, 0.29) is 6.61 Å². The van der Waals surface area contributed by atoms with Crippen LogP contribution in [0, 0.1) is 0 Å². The van der Waals surface area contributed by atoms with Crippen LogP contribution in [-0.4, -0.2) is 118 Å². The fourth-order valence-electron chi connectivity index (χ4n) is 3.69. The maximum Gasteiger partial charge on any atom is 0.224 e.